The lowest BCUT2D eigenvalue weighted by Crippen LogP contribution is -2.30. The van der Waals surface area contributed by atoms with Gasteiger partial charge in [-0.1, -0.05) is 330 Å². The van der Waals surface area contributed by atoms with E-state index in [0.29, 0.717) is 19.3 Å². The molecule has 6 heteroatoms. The maximum Gasteiger partial charge on any atom is 0.306 e. The van der Waals surface area contributed by atoms with Crippen molar-refractivity contribution in [3.63, 3.8) is 0 Å². The summed E-state index contributed by atoms with van der Waals surface area (Å²) in [5, 5.41) is 0. The van der Waals surface area contributed by atoms with E-state index in [4.69, 9.17) is 14.2 Å². The number of allylic oxidation sites excluding steroid dienone is 16. The first-order valence-electron chi connectivity index (χ1n) is 35.2. The van der Waals surface area contributed by atoms with Crippen LogP contribution in [0.5, 0.6) is 0 Å². The van der Waals surface area contributed by atoms with E-state index in [1.54, 1.807) is 0 Å². The Balaban J connectivity index is 4.45. The Bertz CT molecular complexity index is 1590. The SMILES string of the molecule is CC/C=C\C/C=C\C/C=C\C/C=C\C/C=C\C/C=C\C/C=C\CCCC(=O)OCC(COC(=O)CCCCCCCCCCCCCCCCCCCCCC)OC(=O)CCCCCCCCCCC/C=C\CCCCCCCCCC. The van der Waals surface area contributed by atoms with Gasteiger partial charge in [0.1, 0.15) is 13.2 Å². The molecule has 0 radical (unpaired) electrons. The van der Waals surface area contributed by atoms with E-state index in [2.05, 4.69) is 118 Å². The minimum Gasteiger partial charge on any atom is -0.462 e. The van der Waals surface area contributed by atoms with Gasteiger partial charge in [0, 0.05) is 19.3 Å². The lowest BCUT2D eigenvalue weighted by molar-refractivity contribution is -0.167. The monoisotopic (exact) mass is 1140 g/mol. The van der Waals surface area contributed by atoms with Gasteiger partial charge in [-0.25, -0.2) is 0 Å². The van der Waals surface area contributed by atoms with Crippen LogP contribution in [0.15, 0.2) is 97.2 Å². The summed E-state index contributed by atoms with van der Waals surface area (Å²) in [7, 11) is 0. The highest BCUT2D eigenvalue weighted by Gasteiger charge is 2.19. The number of ether oxygens (including phenoxy) is 3. The summed E-state index contributed by atoms with van der Waals surface area (Å²) in [5.74, 6) is -0.940. The quantitative estimate of drug-likeness (QED) is 0.0261. The Morgan fingerprint density at radius 2 is 0.488 bits per heavy atom. The molecule has 0 aliphatic carbocycles. The van der Waals surface area contributed by atoms with Crippen LogP contribution in [0.1, 0.15) is 348 Å². The fourth-order valence-corrected chi connectivity index (χ4v) is 10.1. The summed E-state index contributed by atoms with van der Waals surface area (Å²) < 4.78 is 17.0. The molecular weight excluding hydrogens is 1010 g/mol. The zero-order valence-corrected chi connectivity index (χ0v) is 54.2. The molecule has 0 aromatic carbocycles. The summed E-state index contributed by atoms with van der Waals surface area (Å²) in [6, 6.07) is 0. The zero-order chi connectivity index (χ0) is 59.2. The van der Waals surface area contributed by atoms with Crippen molar-refractivity contribution < 1.29 is 28.6 Å². The second-order valence-corrected chi connectivity index (χ2v) is 23.4. The maximum atomic E-state index is 13.0. The summed E-state index contributed by atoms with van der Waals surface area (Å²) >= 11 is 0. The van der Waals surface area contributed by atoms with Crippen molar-refractivity contribution in [2.45, 2.75) is 354 Å². The van der Waals surface area contributed by atoms with Gasteiger partial charge >= 0.3 is 17.9 Å². The van der Waals surface area contributed by atoms with Crippen molar-refractivity contribution in [3.8, 4) is 0 Å². The predicted molar refractivity (Wildman–Crippen MR) is 357 cm³/mol. The van der Waals surface area contributed by atoms with E-state index in [0.717, 1.165) is 89.9 Å². The van der Waals surface area contributed by atoms with E-state index >= 15 is 0 Å². The molecule has 0 aromatic heterocycles. The highest BCUT2D eigenvalue weighted by atomic mass is 16.6. The van der Waals surface area contributed by atoms with Gasteiger partial charge in [0.2, 0.25) is 0 Å². The van der Waals surface area contributed by atoms with Crippen molar-refractivity contribution in [3.05, 3.63) is 97.2 Å². The van der Waals surface area contributed by atoms with Gasteiger partial charge < -0.3 is 14.2 Å². The molecule has 82 heavy (non-hydrogen) atoms. The average Bonchev–Trinajstić information content (AvgIpc) is 3.47. The molecule has 0 spiro atoms. The van der Waals surface area contributed by atoms with E-state index in [1.807, 2.05) is 0 Å². The normalized spacial score (nSPS) is 12.7. The standard InChI is InChI=1S/C76H132O6/c1-4-7-10-13-16-19-22-25-28-31-34-37-38-40-42-45-48-51-54-57-60-63-66-69-75(78)81-72-73(71-80-74(77)68-65-62-59-56-53-50-47-44-41-36-33-30-27-24-21-18-15-12-9-6-3)82-76(79)70-67-64-61-58-55-52-49-46-43-39-35-32-29-26-23-20-17-14-11-8-5-2/h7,10,16,19,25,28,32,34-35,37,40,42,48,51,57,60,73H,4-6,8-9,11-15,17-18,20-24,26-27,29-31,33,36,38-39,41,43-47,49-50,52-56,58-59,61-72H2,1-3H3/b10-7-,19-16-,28-25-,35-32-,37-34-,42-40-,51-48-,60-57-. The van der Waals surface area contributed by atoms with Crippen molar-refractivity contribution in [2.24, 2.45) is 0 Å². The number of esters is 3. The third-order valence-corrected chi connectivity index (χ3v) is 15.3. The van der Waals surface area contributed by atoms with Gasteiger partial charge in [-0.2, -0.15) is 0 Å². The Morgan fingerprint density at radius 1 is 0.256 bits per heavy atom. The number of carbonyl (C=O) groups excluding carboxylic acids is 3. The van der Waals surface area contributed by atoms with E-state index < -0.39 is 6.10 Å². The van der Waals surface area contributed by atoms with Crippen LogP contribution in [-0.4, -0.2) is 37.2 Å². The molecule has 6 nitrogen and oxygen atoms in total. The Kier molecular flexibility index (Phi) is 66.7. The third-order valence-electron chi connectivity index (χ3n) is 15.3. The summed E-state index contributed by atoms with van der Waals surface area (Å²) in [6.45, 7) is 6.53. The molecule has 0 aliphatic heterocycles. The fraction of sp³-hybridized carbons (Fsp3) is 0.750. The first kappa shape index (κ1) is 78.3. The lowest BCUT2D eigenvalue weighted by Gasteiger charge is -2.18. The molecule has 0 fully saturated rings. The molecule has 472 valence electrons. The molecule has 0 amide bonds. The van der Waals surface area contributed by atoms with E-state index in [9.17, 15) is 14.4 Å². The van der Waals surface area contributed by atoms with Crippen LogP contribution in [0.4, 0.5) is 0 Å². The first-order valence-corrected chi connectivity index (χ1v) is 35.2. The number of unbranched alkanes of at least 4 members (excludes halogenated alkanes) is 37. The molecule has 0 saturated carbocycles. The van der Waals surface area contributed by atoms with Crippen LogP contribution in [0.25, 0.3) is 0 Å². The van der Waals surface area contributed by atoms with Crippen molar-refractivity contribution in [1.29, 1.82) is 0 Å². The minimum absolute atomic E-state index is 0.0933. The molecule has 0 saturated heterocycles. The Labute approximate surface area is 508 Å². The lowest BCUT2D eigenvalue weighted by atomic mass is 10.0. The number of hydrogen-bond donors (Lipinski definition) is 0. The average molecular weight is 1140 g/mol. The summed E-state index contributed by atoms with van der Waals surface area (Å²) in [5.41, 5.74) is 0. The predicted octanol–water partition coefficient (Wildman–Crippen LogP) is 24.4. The summed E-state index contributed by atoms with van der Waals surface area (Å²) in [4.78, 5) is 38.5. The number of rotatable bonds is 64. The highest BCUT2D eigenvalue weighted by Crippen LogP contribution is 2.17. The second-order valence-electron chi connectivity index (χ2n) is 23.4. The van der Waals surface area contributed by atoms with Crippen LogP contribution in [0.3, 0.4) is 0 Å². The van der Waals surface area contributed by atoms with Crippen LogP contribution in [0.2, 0.25) is 0 Å². The van der Waals surface area contributed by atoms with Crippen LogP contribution in [-0.2, 0) is 28.6 Å². The van der Waals surface area contributed by atoms with Crippen LogP contribution >= 0.6 is 0 Å². The molecule has 0 aromatic rings. The Hall–Kier alpha value is -3.67. The maximum absolute atomic E-state index is 13.0. The van der Waals surface area contributed by atoms with Gasteiger partial charge in [0.15, 0.2) is 6.10 Å². The van der Waals surface area contributed by atoms with Gasteiger partial charge in [-0.05, 0) is 96.3 Å². The van der Waals surface area contributed by atoms with E-state index in [1.165, 1.54) is 212 Å². The molecule has 1 atom stereocenters. The minimum atomic E-state index is -0.804. The Morgan fingerprint density at radius 3 is 0.805 bits per heavy atom. The molecule has 0 rings (SSSR count). The molecule has 0 N–H and O–H groups in total. The van der Waals surface area contributed by atoms with E-state index in [-0.39, 0.29) is 37.5 Å². The largest absolute Gasteiger partial charge is 0.462 e. The second kappa shape index (κ2) is 69.8. The molecule has 0 bridgehead atoms. The molecule has 0 heterocycles. The fourth-order valence-electron chi connectivity index (χ4n) is 10.1. The topological polar surface area (TPSA) is 78.9 Å². The third kappa shape index (κ3) is 67.1. The number of hydrogen-bond acceptors (Lipinski definition) is 6. The first-order chi connectivity index (χ1) is 40.5. The van der Waals surface area contributed by atoms with Gasteiger partial charge in [0.05, 0.1) is 0 Å². The van der Waals surface area contributed by atoms with Crippen LogP contribution < -0.4 is 0 Å². The smallest absolute Gasteiger partial charge is 0.306 e. The molecule has 0 aliphatic rings. The summed E-state index contributed by atoms with van der Waals surface area (Å²) in [6.07, 6.45) is 94.3. The highest BCUT2D eigenvalue weighted by molar-refractivity contribution is 5.71. The van der Waals surface area contributed by atoms with Crippen molar-refractivity contribution in [2.75, 3.05) is 13.2 Å². The molecular formula is C76H132O6. The van der Waals surface area contributed by atoms with Gasteiger partial charge in [0.25, 0.3) is 0 Å². The molecule has 1 unspecified atom stereocenters. The number of carbonyl (C=O) groups is 3. The zero-order valence-electron chi connectivity index (χ0n) is 54.2. The van der Waals surface area contributed by atoms with Gasteiger partial charge in [-0.3, -0.25) is 14.4 Å². The van der Waals surface area contributed by atoms with Crippen molar-refractivity contribution >= 4 is 17.9 Å². The van der Waals surface area contributed by atoms with Gasteiger partial charge in [-0.15, -0.1) is 0 Å². The van der Waals surface area contributed by atoms with Crippen molar-refractivity contribution in [1.82, 2.24) is 0 Å². The van der Waals surface area contributed by atoms with Crippen LogP contribution in [0, 0.1) is 0 Å².